The van der Waals surface area contributed by atoms with E-state index in [2.05, 4.69) is 0 Å². The molecule has 0 radical (unpaired) electrons. The van der Waals surface area contributed by atoms with Crippen LogP contribution in [0, 0.1) is 3.57 Å². The van der Waals surface area contributed by atoms with Crippen molar-refractivity contribution in [1.29, 1.82) is 0 Å². The molecule has 0 saturated heterocycles. The minimum Gasteiger partial charge on any atom is -0.465 e. The molecule has 0 atom stereocenters. The molecule has 0 amide bonds. The zero-order valence-electron chi connectivity index (χ0n) is 7.70. The third kappa shape index (κ3) is 3.13. The van der Waals surface area contributed by atoms with Crippen molar-refractivity contribution in [2.75, 3.05) is 6.61 Å². The summed E-state index contributed by atoms with van der Waals surface area (Å²) in [6.07, 6.45) is 1.58. The van der Waals surface area contributed by atoms with Crippen molar-refractivity contribution in [3.8, 4) is 0 Å². The molecule has 0 N–H and O–H groups in total. The van der Waals surface area contributed by atoms with Crippen LogP contribution in [0.25, 0.3) is 0 Å². The van der Waals surface area contributed by atoms with Crippen LogP contribution in [0.1, 0.15) is 6.92 Å². The Kier molecular flexibility index (Phi) is 4.12. The second-order valence-electron chi connectivity index (χ2n) is 2.62. The van der Waals surface area contributed by atoms with Crippen molar-refractivity contribution in [3.63, 3.8) is 0 Å². The van der Waals surface area contributed by atoms with E-state index in [9.17, 15) is 9.59 Å². The average molecular weight is 307 g/mol. The second kappa shape index (κ2) is 5.14. The number of ether oxygens (including phenoxy) is 1. The molecular formula is C9H10INO3. The molecule has 0 spiro atoms. The first-order chi connectivity index (χ1) is 6.63. The second-order valence-corrected chi connectivity index (χ2v) is 3.86. The van der Waals surface area contributed by atoms with Gasteiger partial charge in [0.15, 0.2) is 0 Å². The van der Waals surface area contributed by atoms with Gasteiger partial charge in [0.2, 0.25) is 0 Å². The fourth-order valence-corrected chi connectivity index (χ4v) is 1.39. The first kappa shape index (κ1) is 11.2. The largest absolute Gasteiger partial charge is 0.465 e. The zero-order valence-corrected chi connectivity index (χ0v) is 9.85. The maximum atomic E-state index is 11.3. The lowest BCUT2D eigenvalue weighted by Crippen LogP contribution is -2.24. The molecule has 0 aliphatic rings. The SMILES string of the molecule is CCOC(=O)Cn1ccc(I)cc1=O. The molecule has 76 valence electrons. The van der Waals surface area contributed by atoms with Gasteiger partial charge < -0.3 is 9.30 Å². The maximum absolute atomic E-state index is 11.3. The van der Waals surface area contributed by atoms with Gasteiger partial charge in [-0.05, 0) is 35.6 Å². The summed E-state index contributed by atoms with van der Waals surface area (Å²) in [5.74, 6) is -0.393. The van der Waals surface area contributed by atoms with Crippen LogP contribution in [0.2, 0.25) is 0 Å². The lowest BCUT2D eigenvalue weighted by atomic mass is 10.4. The lowest BCUT2D eigenvalue weighted by molar-refractivity contribution is -0.143. The van der Waals surface area contributed by atoms with Crippen LogP contribution < -0.4 is 5.56 Å². The molecule has 0 fully saturated rings. The Labute approximate surface area is 95.0 Å². The third-order valence-corrected chi connectivity index (χ3v) is 2.23. The van der Waals surface area contributed by atoms with Crippen molar-refractivity contribution in [2.45, 2.75) is 13.5 Å². The minimum absolute atomic E-state index is 0.0242. The van der Waals surface area contributed by atoms with Crippen molar-refractivity contribution in [3.05, 3.63) is 32.3 Å². The molecule has 0 bridgehead atoms. The fourth-order valence-electron chi connectivity index (χ4n) is 0.960. The minimum atomic E-state index is -0.393. The molecule has 4 nitrogen and oxygen atoms in total. The van der Waals surface area contributed by atoms with Crippen LogP contribution in [0.4, 0.5) is 0 Å². The maximum Gasteiger partial charge on any atom is 0.326 e. The molecule has 0 aromatic carbocycles. The van der Waals surface area contributed by atoms with Gasteiger partial charge in [0, 0.05) is 15.8 Å². The van der Waals surface area contributed by atoms with Crippen LogP contribution in [-0.4, -0.2) is 17.1 Å². The summed E-state index contributed by atoms with van der Waals surface area (Å²) in [7, 11) is 0. The van der Waals surface area contributed by atoms with E-state index in [0.717, 1.165) is 3.57 Å². The van der Waals surface area contributed by atoms with Crippen LogP contribution in [0.15, 0.2) is 23.1 Å². The Morgan fingerprint density at radius 3 is 2.93 bits per heavy atom. The smallest absolute Gasteiger partial charge is 0.326 e. The van der Waals surface area contributed by atoms with Crippen molar-refractivity contribution < 1.29 is 9.53 Å². The van der Waals surface area contributed by atoms with Gasteiger partial charge >= 0.3 is 5.97 Å². The van der Waals surface area contributed by atoms with Crippen LogP contribution in [-0.2, 0) is 16.1 Å². The first-order valence-electron chi connectivity index (χ1n) is 4.15. The van der Waals surface area contributed by atoms with Crippen molar-refractivity contribution in [2.24, 2.45) is 0 Å². The predicted octanol–water partition coefficient (Wildman–Crippen LogP) is 1.02. The summed E-state index contributed by atoms with van der Waals surface area (Å²) in [4.78, 5) is 22.4. The summed E-state index contributed by atoms with van der Waals surface area (Å²) < 4.78 is 6.90. The molecule has 14 heavy (non-hydrogen) atoms. The van der Waals surface area contributed by atoms with Crippen LogP contribution >= 0.6 is 22.6 Å². The van der Waals surface area contributed by atoms with Gasteiger partial charge in [-0.25, -0.2) is 0 Å². The van der Waals surface area contributed by atoms with E-state index in [1.54, 1.807) is 19.2 Å². The third-order valence-electron chi connectivity index (χ3n) is 1.56. The van der Waals surface area contributed by atoms with E-state index >= 15 is 0 Å². The fraction of sp³-hybridized carbons (Fsp3) is 0.333. The van der Waals surface area contributed by atoms with Gasteiger partial charge in [-0.1, -0.05) is 0 Å². The lowest BCUT2D eigenvalue weighted by Gasteiger charge is -2.04. The predicted molar refractivity (Wildman–Crippen MR) is 60.1 cm³/mol. The van der Waals surface area contributed by atoms with Crippen molar-refractivity contribution >= 4 is 28.6 Å². The molecule has 5 heteroatoms. The van der Waals surface area contributed by atoms with E-state index in [1.165, 1.54) is 10.6 Å². The number of hydrogen-bond acceptors (Lipinski definition) is 3. The number of halogens is 1. The summed E-state index contributed by atoms with van der Waals surface area (Å²) in [5, 5.41) is 0. The first-order valence-corrected chi connectivity index (χ1v) is 5.23. The van der Waals surface area contributed by atoms with Crippen LogP contribution in [0.5, 0.6) is 0 Å². The van der Waals surface area contributed by atoms with Gasteiger partial charge in [0.1, 0.15) is 6.54 Å². The molecule has 1 heterocycles. The summed E-state index contributed by atoms with van der Waals surface area (Å²) in [5.41, 5.74) is -0.190. The Balaban J connectivity index is 2.77. The van der Waals surface area contributed by atoms with E-state index in [-0.39, 0.29) is 12.1 Å². The highest BCUT2D eigenvalue weighted by Gasteiger charge is 2.04. The molecule has 1 aromatic heterocycles. The Hall–Kier alpha value is -0.850. The molecule has 1 rings (SSSR count). The number of carbonyl (C=O) groups is 1. The molecule has 0 saturated carbocycles. The van der Waals surface area contributed by atoms with E-state index in [4.69, 9.17) is 4.74 Å². The standard InChI is InChI=1S/C9H10INO3/c1-2-14-9(13)6-11-4-3-7(10)5-8(11)12/h3-5H,2,6H2,1H3. The van der Waals surface area contributed by atoms with Gasteiger partial charge in [0.05, 0.1) is 6.61 Å². The van der Waals surface area contributed by atoms with E-state index < -0.39 is 5.97 Å². The molecule has 0 aliphatic heterocycles. The monoisotopic (exact) mass is 307 g/mol. The zero-order chi connectivity index (χ0) is 10.6. The van der Waals surface area contributed by atoms with Gasteiger partial charge in [-0.15, -0.1) is 0 Å². The number of pyridine rings is 1. The number of hydrogen-bond donors (Lipinski definition) is 0. The number of aromatic nitrogens is 1. The van der Waals surface area contributed by atoms with Crippen LogP contribution in [0.3, 0.4) is 0 Å². The van der Waals surface area contributed by atoms with Gasteiger partial charge in [-0.2, -0.15) is 0 Å². The number of rotatable bonds is 3. The Morgan fingerprint density at radius 1 is 1.64 bits per heavy atom. The summed E-state index contributed by atoms with van der Waals surface area (Å²) in [6.45, 7) is 2.04. The Morgan fingerprint density at radius 2 is 2.36 bits per heavy atom. The quantitative estimate of drug-likeness (QED) is 0.619. The van der Waals surface area contributed by atoms with Gasteiger partial charge in [-0.3, -0.25) is 9.59 Å². The average Bonchev–Trinajstić information content (AvgIpc) is 2.10. The summed E-state index contributed by atoms with van der Waals surface area (Å²) >= 11 is 2.04. The Bertz CT molecular complexity index is 386. The number of carbonyl (C=O) groups excluding carboxylic acids is 1. The van der Waals surface area contributed by atoms with E-state index in [0.29, 0.717) is 6.61 Å². The van der Waals surface area contributed by atoms with E-state index in [1.807, 2.05) is 22.6 Å². The number of esters is 1. The molecular weight excluding hydrogens is 297 g/mol. The molecule has 1 aromatic rings. The highest BCUT2D eigenvalue weighted by molar-refractivity contribution is 14.1. The van der Waals surface area contributed by atoms with Crippen molar-refractivity contribution in [1.82, 2.24) is 4.57 Å². The topological polar surface area (TPSA) is 48.3 Å². The highest BCUT2D eigenvalue weighted by Crippen LogP contribution is 1.98. The highest BCUT2D eigenvalue weighted by atomic mass is 127. The normalized spacial score (nSPS) is 9.86. The summed E-state index contributed by atoms with van der Waals surface area (Å²) in [6, 6.07) is 3.24. The number of nitrogens with zero attached hydrogens (tertiary/aromatic N) is 1. The molecule has 0 aliphatic carbocycles. The van der Waals surface area contributed by atoms with Gasteiger partial charge in [0.25, 0.3) is 5.56 Å². The molecule has 0 unspecified atom stereocenters.